The highest BCUT2D eigenvalue weighted by molar-refractivity contribution is 6.33. The van der Waals surface area contributed by atoms with Crippen molar-refractivity contribution in [2.45, 2.75) is 18.8 Å². The van der Waals surface area contributed by atoms with Gasteiger partial charge in [0.2, 0.25) is 5.82 Å². The summed E-state index contributed by atoms with van der Waals surface area (Å²) in [6.07, 6.45) is -4.70. The van der Waals surface area contributed by atoms with Crippen LogP contribution in [0, 0.1) is 0 Å². The third-order valence-corrected chi connectivity index (χ3v) is 4.99. The Morgan fingerprint density at radius 3 is 2.40 bits per heavy atom. The Morgan fingerprint density at radius 1 is 1.13 bits per heavy atom. The second kappa shape index (κ2) is 8.08. The van der Waals surface area contributed by atoms with Crippen LogP contribution >= 0.6 is 11.6 Å². The second-order valence-electron chi connectivity index (χ2n) is 6.72. The maximum absolute atomic E-state index is 13.0. The number of halogens is 4. The van der Waals surface area contributed by atoms with Gasteiger partial charge < -0.3 is 14.2 Å². The van der Waals surface area contributed by atoms with Crippen molar-refractivity contribution in [2.24, 2.45) is 0 Å². The normalized spacial score (nSPS) is 14.4. The third-order valence-electron chi connectivity index (χ3n) is 4.66. The molecule has 6 nitrogen and oxygen atoms in total. The van der Waals surface area contributed by atoms with Gasteiger partial charge in [0.05, 0.1) is 29.8 Å². The first-order valence-corrected chi connectivity index (χ1v) is 9.34. The quantitative estimate of drug-likeness (QED) is 0.590. The average molecular weight is 438 g/mol. The number of alkyl halides is 3. The predicted octanol–water partition coefficient (Wildman–Crippen LogP) is 4.45. The van der Waals surface area contributed by atoms with E-state index >= 15 is 0 Å². The van der Waals surface area contributed by atoms with Crippen LogP contribution in [0.25, 0.3) is 11.4 Å². The molecule has 4 rings (SSSR count). The molecular formula is C20H15ClF3N3O3. The summed E-state index contributed by atoms with van der Waals surface area (Å²) >= 11 is 6.17. The second-order valence-corrected chi connectivity index (χ2v) is 7.13. The number of carbonyl (C=O) groups is 1. The summed E-state index contributed by atoms with van der Waals surface area (Å²) in [7, 11) is 0. The number of ether oxygens (including phenoxy) is 1. The van der Waals surface area contributed by atoms with Gasteiger partial charge in [-0.25, -0.2) is 0 Å². The van der Waals surface area contributed by atoms with Gasteiger partial charge in [0.1, 0.15) is 0 Å². The number of hydrogen-bond donors (Lipinski definition) is 0. The molecule has 1 amide bonds. The molecule has 3 aromatic rings. The van der Waals surface area contributed by atoms with Crippen LogP contribution in [0.2, 0.25) is 5.02 Å². The Labute approximate surface area is 174 Å². The summed E-state index contributed by atoms with van der Waals surface area (Å²) < 4.78 is 47.4. The number of aromatic nitrogens is 2. The van der Waals surface area contributed by atoms with E-state index in [1.165, 1.54) is 0 Å². The molecule has 1 saturated heterocycles. The Kier molecular flexibility index (Phi) is 5.48. The van der Waals surface area contributed by atoms with E-state index in [0.29, 0.717) is 35.9 Å². The highest BCUT2D eigenvalue weighted by Gasteiger charge is 2.38. The molecule has 0 atom stereocenters. The minimum Gasteiger partial charge on any atom is -0.377 e. The molecule has 0 bridgehead atoms. The molecule has 0 radical (unpaired) electrons. The van der Waals surface area contributed by atoms with Gasteiger partial charge in [-0.1, -0.05) is 53.2 Å². The van der Waals surface area contributed by atoms with Crippen LogP contribution in [-0.2, 0) is 17.5 Å². The number of rotatable bonds is 5. The molecule has 0 N–H and O–H groups in total. The van der Waals surface area contributed by atoms with Gasteiger partial charge in [0.25, 0.3) is 5.91 Å². The largest absolute Gasteiger partial charge is 0.471 e. The SMILES string of the molecule is O=C(c1ccccc1Cl)N(Cc1ccc(-c2noc(C(F)(F)F)n2)cc1)C1COC1. The van der Waals surface area contributed by atoms with Crippen molar-refractivity contribution < 1.29 is 27.2 Å². The number of nitrogens with zero attached hydrogens (tertiary/aromatic N) is 3. The highest BCUT2D eigenvalue weighted by atomic mass is 35.5. The maximum atomic E-state index is 13.0. The smallest absolute Gasteiger partial charge is 0.377 e. The van der Waals surface area contributed by atoms with Crippen LogP contribution in [0.5, 0.6) is 0 Å². The van der Waals surface area contributed by atoms with Crippen LogP contribution in [0.1, 0.15) is 21.8 Å². The number of benzene rings is 2. The lowest BCUT2D eigenvalue weighted by Crippen LogP contribution is -2.51. The lowest BCUT2D eigenvalue weighted by atomic mass is 10.1. The topological polar surface area (TPSA) is 68.5 Å². The fraction of sp³-hybridized carbons (Fsp3) is 0.250. The zero-order chi connectivity index (χ0) is 21.3. The third kappa shape index (κ3) is 4.17. The fourth-order valence-corrected chi connectivity index (χ4v) is 3.19. The lowest BCUT2D eigenvalue weighted by molar-refractivity contribution is -0.159. The van der Waals surface area contributed by atoms with Gasteiger partial charge in [-0.2, -0.15) is 18.2 Å². The van der Waals surface area contributed by atoms with Gasteiger partial charge in [0.15, 0.2) is 0 Å². The minimum atomic E-state index is -4.70. The van der Waals surface area contributed by atoms with Crippen molar-refractivity contribution in [1.29, 1.82) is 0 Å². The molecule has 0 aliphatic carbocycles. The summed E-state index contributed by atoms with van der Waals surface area (Å²) in [6.45, 7) is 1.15. The van der Waals surface area contributed by atoms with E-state index in [0.717, 1.165) is 5.56 Å². The van der Waals surface area contributed by atoms with Gasteiger partial charge in [-0.15, -0.1) is 0 Å². The first kappa shape index (κ1) is 20.4. The monoisotopic (exact) mass is 437 g/mol. The van der Waals surface area contributed by atoms with Gasteiger partial charge in [-0.3, -0.25) is 4.79 Å². The van der Waals surface area contributed by atoms with E-state index < -0.39 is 12.1 Å². The molecule has 1 aromatic heterocycles. The molecule has 0 spiro atoms. The zero-order valence-corrected chi connectivity index (χ0v) is 16.2. The van der Waals surface area contributed by atoms with Crippen LogP contribution in [-0.4, -0.2) is 40.2 Å². The molecular weight excluding hydrogens is 423 g/mol. The van der Waals surface area contributed by atoms with Crippen molar-refractivity contribution in [3.05, 3.63) is 70.6 Å². The Bertz CT molecular complexity index is 1050. The molecule has 0 saturated carbocycles. The first-order valence-electron chi connectivity index (χ1n) is 8.96. The van der Waals surface area contributed by atoms with Crippen molar-refractivity contribution >= 4 is 17.5 Å². The first-order chi connectivity index (χ1) is 14.3. The summed E-state index contributed by atoms with van der Waals surface area (Å²) in [6, 6.07) is 13.3. The maximum Gasteiger partial charge on any atom is 0.471 e. The average Bonchev–Trinajstić information content (AvgIpc) is 3.17. The van der Waals surface area contributed by atoms with Gasteiger partial charge in [-0.05, 0) is 17.7 Å². The number of carbonyl (C=O) groups excluding carboxylic acids is 1. The zero-order valence-electron chi connectivity index (χ0n) is 15.4. The molecule has 2 heterocycles. The van der Waals surface area contributed by atoms with E-state index in [1.807, 2.05) is 0 Å². The van der Waals surface area contributed by atoms with Crippen molar-refractivity contribution in [2.75, 3.05) is 13.2 Å². The Hall–Kier alpha value is -2.91. The highest BCUT2D eigenvalue weighted by Crippen LogP contribution is 2.29. The molecule has 10 heteroatoms. The molecule has 2 aromatic carbocycles. The summed E-state index contributed by atoms with van der Waals surface area (Å²) in [5.74, 6) is -1.78. The van der Waals surface area contributed by atoms with Gasteiger partial charge >= 0.3 is 12.1 Å². The minimum absolute atomic E-state index is 0.0833. The fourth-order valence-electron chi connectivity index (χ4n) is 2.97. The number of amides is 1. The van der Waals surface area contributed by atoms with Crippen LogP contribution in [0.15, 0.2) is 53.1 Å². The summed E-state index contributed by atoms with van der Waals surface area (Å²) in [4.78, 5) is 18.1. The van der Waals surface area contributed by atoms with Crippen molar-refractivity contribution in [3.63, 3.8) is 0 Å². The van der Waals surface area contributed by atoms with Crippen molar-refractivity contribution in [3.8, 4) is 11.4 Å². The van der Waals surface area contributed by atoms with E-state index in [-0.39, 0.29) is 17.8 Å². The van der Waals surface area contributed by atoms with E-state index in [2.05, 4.69) is 14.7 Å². The molecule has 0 unspecified atom stereocenters. The predicted molar refractivity (Wildman–Crippen MR) is 101 cm³/mol. The van der Waals surface area contributed by atoms with Gasteiger partial charge in [0, 0.05) is 12.1 Å². The molecule has 156 valence electrons. The summed E-state index contributed by atoms with van der Waals surface area (Å²) in [5.41, 5.74) is 1.55. The standard InChI is InChI=1S/C20H15ClF3N3O3/c21-16-4-2-1-3-15(16)18(28)27(14-10-29-11-14)9-12-5-7-13(8-6-12)17-25-19(30-26-17)20(22,23)24/h1-8,14H,9-11H2. The van der Waals surface area contributed by atoms with Crippen LogP contribution in [0.3, 0.4) is 0 Å². The molecule has 1 aliphatic heterocycles. The molecule has 1 fully saturated rings. The molecule has 30 heavy (non-hydrogen) atoms. The Balaban J connectivity index is 1.53. The van der Waals surface area contributed by atoms with Crippen molar-refractivity contribution in [1.82, 2.24) is 15.0 Å². The van der Waals surface area contributed by atoms with Crippen LogP contribution < -0.4 is 0 Å². The lowest BCUT2D eigenvalue weighted by Gasteiger charge is -2.37. The van der Waals surface area contributed by atoms with E-state index in [1.54, 1.807) is 53.4 Å². The molecule has 1 aliphatic rings. The van der Waals surface area contributed by atoms with E-state index in [9.17, 15) is 18.0 Å². The Morgan fingerprint density at radius 2 is 1.83 bits per heavy atom. The number of hydrogen-bond acceptors (Lipinski definition) is 5. The summed E-state index contributed by atoms with van der Waals surface area (Å²) in [5, 5.41) is 3.73. The van der Waals surface area contributed by atoms with Crippen LogP contribution in [0.4, 0.5) is 13.2 Å². The van der Waals surface area contributed by atoms with E-state index in [4.69, 9.17) is 16.3 Å².